The summed E-state index contributed by atoms with van der Waals surface area (Å²) in [6.07, 6.45) is 2.00. The van der Waals surface area contributed by atoms with E-state index in [4.69, 9.17) is 9.47 Å². The lowest BCUT2D eigenvalue weighted by Gasteiger charge is -2.37. The molecule has 2 aromatic carbocycles. The monoisotopic (exact) mass is 469 g/mol. The zero-order valence-corrected chi connectivity index (χ0v) is 20.1. The number of halogens is 1. The predicted molar refractivity (Wildman–Crippen MR) is 128 cm³/mol. The van der Waals surface area contributed by atoms with Crippen LogP contribution >= 0.6 is 0 Å². The lowest BCUT2D eigenvalue weighted by atomic mass is 10.0. The summed E-state index contributed by atoms with van der Waals surface area (Å²) in [6.45, 7) is 4.82. The Morgan fingerprint density at radius 2 is 1.76 bits per heavy atom. The summed E-state index contributed by atoms with van der Waals surface area (Å²) in [5.74, 6) is 1.04. The molecule has 0 aliphatic carbocycles. The maximum Gasteiger partial charge on any atom is 0.236 e. The number of ether oxygens (including phenoxy) is 2. The first kappa shape index (κ1) is 24.0. The lowest BCUT2D eigenvalue weighted by Crippen LogP contribution is -2.51. The smallest absolute Gasteiger partial charge is 0.236 e. The van der Waals surface area contributed by atoms with E-state index in [2.05, 4.69) is 4.90 Å². The predicted octanol–water partition coefficient (Wildman–Crippen LogP) is 3.53. The molecule has 2 saturated heterocycles. The molecule has 1 atom stereocenters. The Labute approximate surface area is 200 Å². The fourth-order valence-corrected chi connectivity index (χ4v) is 4.91. The molecule has 2 aromatic rings. The average molecular weight is 470 g/mol. The number of ketones is 1. The number of Topliss-reactive ketones (excluding diaryl/α,β-unsaturated/α-hetero) is 1. The summed E-state index contributed by atoms with van der Waals surface area (Å²) in [7, 11) is 3.28. The van der Waals surface area contributed by atoms with Gasteiger partial charge >= 0.3 is 0 Å². The number of benzene rings is 2. The summed E-state index contributed by atoms with van der Waals surface area (Å²) in [4.78, 5) is 30.6. The van der Waals surface area contributed by atoms with Crippen LogP contribution in [0.5, 0.6) is 11.5 Å². The van der Waals surface area contributed by atoms with E-state index in [-0.39, 0.29) is 17.7 Å². The first-order valence-corrected chi connectivity index (χ1v) is 11.7. The molecule has 0 aromatic heterocycles. The maximum absolute atomic E-state index is 14.5. The molecule has 2 fully saturated rings. The highest BCUT2D eigenvalue weighted by molar-refractivity contribution is 5.94. The molecule has 8 heteroatoms. The second-order valence-corrected chi connectivity index (χ2v) is 8.83. The van der Waals surface area contributed by atoms with Crippen molar-refractivity contribution in [3.63, 3.8) is 0 Å². The highest BCUT2D eigenvalue weighted by Crippen LogP contribution is 2.38. The van der Waals surface area contributed by atoms with Crippen molar-refractivity contribution < 1.29 is 23.5 Å². The van der Waals surface area contributed by atoms with Crippen LogP contribution in [0.1, 0.15) is 41.7 Å². The number of anilines is 1. The van der Waals surface area contributed by atoms with E-state index in [9.17, 15) is 14.0 Å². The molecule has 1 unspecified atom stereocenters. The maximum atomic E-state index is 14.5. The van der Waals surface area contributed by atoms with E-state index < -0.39 is 5.82 Å². The molecule has 1 amide bonds. The highest BCUT2D eigenvalue weighted by Gasteiger charge is 2.32. The molecular formula is C26H32FN3O4. The fraction of sp³-hybridized carbons (Fsp3) is 0.462. The van der Waals surface area contributed by atoms with Gasteiger partial charge in [0, 0.05) is 49.4 Å². The van der Waals surface area contributed by atoms with Crippen LogP contribution in [0.3, 0.4) is 0 Å². The lowest BCUT2D eigenvalue weighted by molar-refractivity contribution is -0.133. The van der Waals surface area contributed by atoms with Crippen LogP contribution in [0.15, 0.2) is 36.4 Å². The van der Waals surface area contributed by atoms with Crippen LogP contribution in [0.2, 0.25) is 0 Å². The molecule has 182 valence electrons. The van der Waals surface area contributed by atoms with Gasteiger partial charge in [0.15, 0.2) is 5.78 Å². The van der Waals surface area contributed by atoms with Gasteiger partial charge in [0.25, 0.3) is 0 Å². The second kappa shape index (κ2) is 10.4. The Hall–Kier alpha value is -3.13. The number of amides is 1. The van der Waals surface area contributed by atoms with Crippen LogP contribution < -0.4 is 14.4 Å². The first-order valence-electron chi connectivity index (χ1n) is 11.7. The van der Waals surface area contributed by atoms with Crippen molar-refractivity contribution in [3.05, 3.63) is 53.3 Å². The zero-order chi connectivity index (χ0) is 24.2. The number of rotatable bonds is 7. The summed E-state index contributed by atoms with van der Waals surface area (Å²) in [5, 5.41) is 0. The van der Waals surface area contributed by atoms with Crippen molar-refractivity contribution in [2.24, 2.45) is 0 Å². The number of methoxy groups -OCH3 is 2. The number of piperazine rings is 1. The number of carbonyl (C=O) groups excluding carboxylic acids is 2. The molecule has 2 aliphatic rings. The summed E-state index contributed by atoms with van der Waals surface area (Å²) < 4.78 is 25.4. The topological polar surface area (TPSA) is 62.3 Å². The van der Waals surface area contributed by atoms with E-state index in [1.807, 2.05) is 28.0 Å². The third kappa shape index (κ3) is 5.01. The van der Waals surface area contributed by atoms with Gasteiger partial charge in [-0.15, -0.1) is 0 Å². The first-order chi connectivity index (χ1) is 16.4. The van der Waals surface area contributed by atoms with Crippen LogP contribution in [-0.2, 0) is 4.79 Å². The van der Waals surface area contributed by atoms with Gasteiger partial charge in [-0.3, -0.25) is 14.5 Å². The third-order valence-electron chi connectivity index (χ3n) is 6.83. The number of hydrogen-bond acceptors (Lipinski definition) is 6. The van der Waals surface area contributed by atoms with Crippen molar-refractivity contribution in [1.82, 2.24) is 9.80 Å². The molecular weight excluding hydrogens is 437 g/mol. The normalized spacial score (nSPS) is 18.8. The molecule has 0 saturated carbocycles. The van der Waals surface area contributed by atoms with E-state index in [0.29, 0.717) is 44.0 Å². The fourth-order valence-electron chi connectivity index (χ4n) is 4.91. The SMILES string of the molecule is COc1ccc(C2CCCN2CC(=O)N2CCN(c3ccc(C(C)=O)cc3F)CC2)c(OC)c1. The highest BCUT2D eigenvalue weighted by atomic mass is 19.1. The summed E-state index contributed by atoms with van der Waals surface area (Å²) in [5.41, 5.74) is 1.91. The van der Waals surface area contributed by atoms with Gasteiger partial charge in [0.2, 0.25) is 5.91 Å². The van der Waals surface area contributed by atoms with E-state index in [1.54, 1.807) is 26.4 Å². The standard InChI is InChI=1S/C26H32FN3O4/c1-18(31)19-6-9-24(22(27)15-19)28-11-13-29(14-12-28)26(32)17-30-10-4-5-23(30)21-8-7-20(33-2)16-25(21)34-3/h6-9,15-16,23H,4-5,10-14,17H2,1-3H3. The van der Waals surface area contributed by atoms with E-state index in [0.717, 1.165) is 36.4 Å². The summed E-state index contributed by atoms with van der Waals surface area (Å²) in [6, 6.07) is 10.6. The van der Waals surface area contributed by atoms with Crippen molar-refractivity contribution in [3.8, 4) is 11.5 Å². The van der Waals surface area contributed by atoms with Crippen LogP contribution in [0.25, 0.3) is 0 Å². The minimum absolute atomic E-state index is 0.0893. The Kier molecular flexibility index (Phi) is 7.36. The van der Waals surface area contributed by atoms with Crippen LogP contribution in [-0.4, -0.2) is 75.0 Å². The molecule has 0 N–H and O–H groups in total. The minimum Gasteiger partial charge on any atom is -0.497 e. The number of nitrogens with zero attached hydrogens (tertiary/aromatic N) is 3. The Balaban J connectivity index is 1.37. The van der Waals surface area contributed by atoms with Crippen molar-refractivity contribution in [1.29, 1.82) is 0 Å². The molecule has 0 bridgehead atoms. The van der Waals surface area contributed by atoms with Gasteiger partial charge in [-0.1, -0.05) is 6.07 Å². The minimum atomic E-state index is -0.402. The summed E-state index contributed by atoms with van der Waals surface area (Å²) >= 11 is 0. The molecule has 0 radical (unpaired) electrons. The van der Waals surface area contributed by atoms with Gasteiger partial charge < -0.3 is 19.3 Å². The largest absolute Gasteiger partial charge is 0.497 e. The quantitative estimate of drug-likeness (QED) is 0.578. The van der Waals surface area contributed by atoms with Gasteiger partial charge in [-0.2, -0.15) is 0 Å². The molecule has 7 nitrogen and oxygen atoms in total. The van der Waals surface area contributed by atoms with Crippen LogP contribution in [0.4, 0.5) is 10.1 Å². The van der Waals surface area contributed by atoms with Gasteiger partial charge in [-0.05, 0) is 50.6 Å². The average Bonchev–Trinajstić information content (AvgIpc) is 3.31. The van der Waals surface area contributed by atoms with E-state index >= 15 is 0 Å². The number of likely N-dealkylation sites (tertiary alicyclic amines) is 1. The molecule has 2 aliphatic heterocycles. The van der Waals surface area contributed by atoms with Gasteiger partial charge in [0.1, 0.15) is 17.3 Å². The van der Waals surface area contributed by atoms with Crippen molar-refractivity contribution in [2.75, 3.05) is 58.4 Å². The second-order valence-electron chi connectivity index (χ2n) is 8.83. The molecule has 34 heavy (non-hydrogen) atoms. The molecule has 4 rings (SSSR count). The number of hydrogen-bond donors (Lipinski definition) is 0. The van der Waals surface area contributed by atoms with Crippen LogP contribution in [0, 0.1) is 5.82 Å². The van der Waals surface area contributed by atoms with Crippen molar-refractivity contribution in [2.45, 2.75) is 25.8 Å². The van der Waals surface area contributed by atoms with Gasteiger partial charge in [-0.25, -0.2) is 4.39 Å². The third-order valence-corrected chi connectivity index (χ3v) is 6.83. The molecule has 2 heterocycles. The van der Waals surface area contributed by atoms with Gasteiger partial charge in [0.05, 0.1) is 26.5 Å². The Morgan fingerprint density at radius 1 is 1.00 bits per heavy atom. The zero-order valence-electron chi connectivity index (χ0n) is 20.1. The molecule has 0 spiro atoms. The Bertz CT molecular complexity index is 1050. The van der Waals surface area contributed by atoms with Crippen molar-refractivity contribution >= 4 is 17.4 Å². The van der Waals surface area contributed by atoms with E-state index in [1.165, 1.54) is 13.0 Å². The number of carbonyl (C=O) groups is 2. The Morgan fingerprint density at radius 3 is 2.41 bits per heavy atom.